The lowest BCUT2D eigenvalue weighted by Crippen LogP contribution is -2.54. The van der Waals surface area contributed by atoms with Crippen LogP contribution in [0.5, 0.6) is 5.88 Å². The van der Waals surface area contributed by atoms with Crippen molar-refractivity contribution in [1.29, 1.82) is 0 Å². The third-order valence-corrected chi connectivity index (χ3v) is 8.76. The molecule has 33 heavy (non-hydrogen) atoms. The van der Waals surface area contributed by atoms with Gasteiger partial charge in [0.15, 0.2) is 0 Å². The Morgan fingerprint density at radius 2 is 1.61 bits per heavy atom. The van der Waals surface area contributed by atoms with E-state index in [-0.39, 0.29) is 17.0 Å². The Kier molecular flexibility index (Phi) is 7.71. The third-order valence-electron chi connectivity index (χ3n) is 6.45. The fourth-order valence-corrected chi connectivity index (χ4v) is 6.38. The van der Waals surface area contributed by atoms with Crippen molar-refractivity contribution in [3.8, 4) is 5.88 Å². The van der Waals surface area contributed by atoms with Gasteiger partial charge >= 0.3 is 6.18 Å². The maximum absolute atomic E-state index is 12.8. The maximum atomic E-state index is 12.8. The van der Waals surface area contributed by atoms with Crippen LogP contribution in [0.2, 0.25) is 5.02 Å². The number of hydrogen-bond acceptors (Lipinski definition) is 6. The van der Waals surface area contributed by atoms with Crippen molar-refractivity contribution >= 4 is 21.8 Å². The molecule has 3 aliphatic heterocycles. The van der Waals surface area contributed by atoms with Gasteiger partial charge < -0.3 is 14.4 Å². The van der Waals surface area contributed by atoms with Gasteiger partial charge in [0.25, 0.3) is 10.2 Å². The molecule has 0 bridgehead atoms. The van der Waals surface area contributed by atoms with Crippen molar-refractivity contribution in [2.45, 2.75) is 44.0 Å². The molecule has 186 valence electrons. The highest BCUT2D eigenvalue weighted by Gasteiger charge is 2.36. The van der Waals surface area contributed by atoms with Crippen LogP contribution < -0.4 is 4.74 Å². The molecule has 0 amide bonds. The monoisotopic (exact) mass is 512 g/mol. The Morgan fingerprint density at radius 1 is 1.00 bits per heavy atom. The van der Waals surface area contributed by atoms with Crippen LogP contribution >= 0.6 is 11.6 Å². The van der Waals surface area contributed by atoms with Gasteiger partial charge in [-0.05, 0) is 31.7 Å². The standard InChI is InChI=1S/C20H28ClF3N4O4S/c21-18-13-15(20(22,23)24)14-25-19(18)32-17-3-5-26(6-4-17)16-1-7-27(8-2-16)33(29,30)28-9-11-31-12-10-28/h13-14,16-17H,1-12H2. The first-order valence-corrected chi connectivity index (χ1v) is 12.9. The third kappa shape index (κ3) is 5.91. The number of alkyl halides is 3. The van der Waals surface area contributed by atoms with E-state index in [1.807, 2.05) is 0 Å². The van der Waals surface area contributed by atoms with E-state index in [1.54, 1.807) is 4.31 Å². The van der Waals surface area contributed by atoms with E-state index in [0.29, 0.717) is 58.3 Å². The van der Waals surface area contributed by atoms with E-state index in [0.717, 1.165) is 38.2 Å². The number of rotatable bonds is 5. The molecule has 0 spiro atoms. The predicted octanol–water partition coefficient (Wildman–Crippen LogP) is 2.64. The molecule has 1 aromatic rings. The molecule has 0 aliphatic carbocycles. The molecular formula is C20H28ClF3N4O4S. The van der Waals surface area contributed by atoms with Gasteiger partial charge in [-0.15, -0.1) is 0 Å². The van der Waals surface area contributed by atoms with Crippen molar-refractivity contribution < 1.29 is 31.1 Å². The second-order valence-corrected chi connectivity index (χ2v) is 10.8. The van der Waals surface area contributed by atoms with E-state index in [4.69, 9.17) is 21.1 Å². The van der Waals surface area contributed by atoms with Crippen molar-refractivity contribution in [3.63, 3.8) is 0 Å². The summed E-state index contributed by atoms with van der Waals surface area (Å²) in [6.07, 6.45) is -1.02. The van der Waals surface area contributed by atoms with Crippen molar-refractivity contribution in [1.82, 2.24) is 18.5 Å². The average molecular weight is 513 g/mol. The summed E-state index contributed by atoms with van der Waals surface area (Å²) in [7, 11) is -3.44. The number of likely N-dealkylation sites (tertiary alicyclic amines) is 1. The molecule has 0 saturated carbocycles. The van der Waals surface area contributed by atoms with Gasteiger partial charge in [0.05, 0.1) is 18.8 Å². The zero-order valence-corrected chi connectivity index (χ0v) is 19.7. The van der Waals surface area contributed by atoms with Crippen LogP contribution in [-0.2, 0) is 21.1 Å². The molecule has 3 saturated heterocycles. The summed E-state index contributed by atoms with van der Waals surface area (Å²) in [6, 6.07) is 1.13. The zero-order valence-electron chi connectivity index (χ0n) is 18.1. The molecule has 4 heterocycles. The number of halogens is 4. The molecule has 13 heteroatoms. The minimum Gasteiger partial charge on any atom is -0.473 e. The molecule has 3 fully saturated rings. The van der Waals surface area contributed by atoms with Crippen LogP contribution in [0.4, 0.5) is 13.2 Å². The Balaban J connectivity index is 1.25. The average Bonchev–Trinajstić information content (AvgIpc) is 2.81. The second kappa shape index (κ2) is 10.2. The Morgan fingerprint density at radius 3 is 2.18 bits per heavy atom. The summed E-state index contributed by atoms with van der Waals surface area (Å²) in [5, 5.41) is -0.152. The Labute approximate surface area is 196 Å². The lowest BCUT2D eigenvalue weighted by molar-refractivity contribution is -0.137. The summed E-state index contributed by atoms with van der Waals surface area (Å²) in [6.45, 7) is 4.17. The minimum atomic E-state index is -4.50. The van der Waals surface area contributed by atoms with Gasteiger partial charge in [0.2, 0.25) is 5.88 Å². The van der Waals surface area contributed by atoms with Crippen LogP contribution in [0.25, 0.3) is 0 Å². The highest BCUT2D eigenvalue weighted by molar-refractivity contribution is 7.86. The maximum Gasteiger partial charge on any atom is 0.417 e. The Hall–Kier alpha value is -1.18. The number of morpholine rings is 1. The summed E-state index contributed by atoms with van der Waals surface area (Å²) in [4.78, 5) is 6.10. The highest BCUT2D eigenvalue weighted by atomic mass is 35.5. The first-order chi connectivity index (χ1) is 15.6. The van der Waals surface area contributed by atoms with Crippen LogP contribution in [-0.4, -0.2) is 91.5 Å². The molecule has 0 aromatic carbocycles. The molecule has 1 aromatic heterocycles. The Bertz CT molecular complexity index is 914. The zero-order chi connectivity index (χ0) is 23.6. The first kappa shape index (κ1) is 24.9. The molecule has 0 radical (unpaired) electrons. The van der Waals surface area contributed by atoms with Crippen molar-refractivity contribution in [2.75, 3.05) is 52.5 Å². The molecule has 0 unspecified atom stereocenters. The quantitative estimate of drug-likeness (QED) is 0.604. The van der Waals surface area contributed by atoms with E-state index in [2.05, 4.69) is 9.88 Å². The topological polar surface area (TPSA) is 75.2 Å². The predicted molar refractivity (Wildman–Crippen MR) is 115 cm³/mol. The summed E-state index contributed by atoms with van der Waals surface area (Å²) < 4.78 is 78.1. The van der Waals surface area contributed by atoms with E-state index in [1.165, 1.54) is 4.31 Å². The fourth-order valence-electron chi connectivity index (χ4n) is 4.56. The van der Waals surface area contributed by atoms with Crippen LogP contribution in [0.15, 0.2) is 12.3 Å². The number of aromatic nitrogens is 1. The van der Waals surface area contributed by atoms with Gasteiger partial charge in [0, 0.05) is 51.5 Å². The van der Waals surface area contributed by atoms with E-state index >= 15 is 0 Å². The lowest BCUT2D eigenvalue weighted by Gasteiger charge is -2.42. The molecule has 8 nitrogen and oxygen atoms in total. The van der Waals surface area contributed by atoms with Gasteiger partial charge in [-0.1, -0.05) is 11.6 Å². The molecule has 0 N–H and O–H groups in total. The SMILES string of the molecule is O=S(=O)(N1CCOCC1)N1CCC(N2CCC(Oc3ncc(C(F)(F)F)cc3Cl)CC2)CC1. The van der Waals surface area contributed by atoms with Gasteiger partial charge in [-0.3, -0.25) is 0 Å². The first-order valence-electron chi connectivity index (χ1n) is 11.1. The summed E-state index contributed by atoms with van der Waals surface area (Å²) >= 11 is 5.95. The molecule has 3 aliphatic rings. The number of piperidine rings is 2. The number of nitrogens with zero attached hydrogens (tertiary/aromatic N) is 4. The van der Waals surface area contributed by atoms with Crippen LogP contribution in [0.1, 0.15) is 31.2 Å². The summed E-state index contributed by atoms with van der Waals surface area (Å²) in [5.41, 5.74) is -0.906. The number of pyridine rings is 1. The van der Waals surface area contributed by atoms with Gasteiger partial charge in [-0.25, -0.2) is 4.98 Å². The van der Waals surface area contributed by atoms with E-state index in [9.17, 15) is 21.6 Å². The smallest absolute Gasteiger partial charge is 0.417 e. The van der Waals surface area contributed by atoms with E-state index < -0.39 is 21.9 Å². The highest BCUT2D eigenvalue weighted by Crippen LogP contribution is 2.34. The van der Waals surface area contributed by atoms with Crippen LogP contribution in [0.3, 0.4) is 0 Å². The fraction of sp³-hybridized carbons (Fsp3) is 0.750. The number of ether oxygens (including phenoxy) is 2. The lowest BCUT2D eigenvalue weighted by atomic mass is 10.00. The minimum absolute atomic E-state index is 0.0183. The second-order valence-electron chi connectivity index (χ2n) is 8.51. The largest absolute Gasteiger partial charge is 0.473 e. The van der Waals surface area contributed by atoms with Crippen molar-refractivity contribution in [2.24, 2.45) is 0 Å². The molecule has 0 atom stereocenters. The van der Waals surface area contributed by atoms with Gasteiger partial charge in [0.1, 0.15) is 11.1 Å². The van der Waals surface area contributed by atoms with Crippen LogP contribution in [0, 0.1) is 0 Å². The van der Waals surface area contributed by atoms with Gasteiger partial charge in [-0.2, -0.15) is 30.2 Å². The molecule has 4 rings (SSSR count). The number of hydrogen-bond donors (Lipinski definition) is 0. The summed E-state index contributed by atoms with van der Waals surface area (Å²) in [5.74, 6) is 0.0183. The normalized spacial score (nSPS) is 23.6. The molecular weight excluding hydrogens is 485 g/mol. The van der Waals surface area contributed by atoms with Crippen molar-refractivity contribution in [3.05, 3.63) is 22.8 Å².